The van der Waals surface area contributed by atoms with Gasteiger partial charge < -0.3 is 29.6 Å². The normalized spacial score (nSPS) is 17.3. The maximum Gasteiger partial charge on any atom is 0.264 e. The van der Waals surface area contributed by atoms with E-state index in [1.165, 1.54) is 0 Å². The van der Waals surface area contributed by atoms with Gasteiger partial charge >= 0.3 is 0 Å². The molecule has 1 fully saturated rings. The van der Waals surface area contributed by atoms with Gasteiger partial charge in [-0.2, -0.15) is 0 Å². The van der Waals surface area contributed by atoms with Gasteiger partial charge in [-0.15, -0.1) is 0 Å². The van der Waals surface area contributed by atoms with Crippen molar-refractivity contribution in [1.82, 2.24) is 15.5 Å². The van der Waals surface area contributed by atoms with E-state index in [0.717, 1.165) is 11.4 Å². The van der Waals surface area contributed by atoms with Gasteiger partial charge in [-0.3, -0.25) is 29.4 Å². The minimum atomic E-state index is -0.993. The van der Waals surface area contributed by atoms with Crippen molar-refractivity contribution < 1.29 is 38.1 Å². The molecule has 0 spiro atoms. The zero-order valence-electron chi connectivity index (χ0n) is 22.1. The first-order chi connectivity index (χ1) is 18.4. The van der Waals surface area contributed by atoms with Gasteiger partial charge in [0.05, 0.1) is 64.0 Å². The molecule has 0 bridgehead atoms. The monoisotopic (exact) mass is 534 g/mol. The van der Waals surface area contributed by atoms with E-state index < -0.39 is 29.7 Å². The minimum Gasteiger partial charge on any atom is -0.382 e. The molecule has 1 unspecified atom stereocenters. The highest BCUT2D eigenvalue weighted by atomic mass is 16.6. The number of anilines is 1. The van der Waals surface area contributed by atoms with Gasteiger partial charge in [-0.05, 0) is 18.6 Å². The number of piperidine rings is 1. The van der Waals surface area contributed by atoms with Gasteiger partial charge in [0.25, 0.3) is 11.8 Å². The van der Waals surface area contributed by atoms with E-state index in [9.17, 15) is 19.2 Å². The van der Waals surface area contributed by atoms with E-state index in [-0.39, 0.29) is 24.0 Å². The molecular weight excluding hydrogens is 496 g/mol. The molecule has 0 aliphatic carbocycles. The lowest BCUT2D eigenvalue weighted by Gasteiger charge is -2.27. The van der Waals surface area contributed by atoms with Crippen LogP contribution in [-0.4, -0.2) is 107 Å². The zero-order chi connectivity index (χ0) is 27.3. The summed E-state index contributed by atoms with van der Waals surface area (Å²) in [5, 5.41) is 8.60. The van der Waals surface area contributed by atoms with Crippen molar-refractivity contribution in [3.05, 3.63) is 29.3 Å². The fourth-order valence-corrected chi connectivity index (χ4v) is 4.10. The van der Waals surface area contributed by atoms with Gasteiger partial charge in [-0.1, -0.05) is 19.9 Å². The third-order valence-electron chi connectivity index (χ3n) is 5.94. The third kappa shape index (κ3) is 8.57. The molecule has 12 heteroatoms. The van der Waals surface area contributed by atoms with E-state index >= 15 is 0 Å². The van der Waals surface area contributed by atoms with E-state index in [0.29, 0.717) is 71.1 Å². The van der Waals surface area contributed by atoms with Gasteiger partial charge in [0, 0.05) is 31.2 Å². The Balaban J connectivity index is 1.27. The lowest BCUT2D eigenvalue weighted by atomic mass is 10.0. The summed E-state index contributed by atoms with van der Waals surface area (Å²) in [7, 11) is 0. The number of ether oxygens (including phenoxy) is 4. The first-order valence-electron chi connectivity index (χ1n) is 13.0. The molecule has 1 aromatic rings. The number of hydrogen-bond donors (Lipinski definition) is 3. The highest BCUT2D eigenvalue weighted by molar-refractivity contribution is 6.25. The fraction of sp³-hybridized carbons (Fsp3) is 0.615. The van der Waals surface area contributed by atoms with Crippen LogP contribution in [0.5, 0.6) is 0 Å². The van der Waals surface area contributed by atoms with Crippen LogP contribution >= 0.6 is 0 Å². The van der Waals surface area contributed by atoms with Crippen molar-refractivity contribution in [1.29, 1.82) is 0 Å². The van der Waals surface area contributed by atoms with E-state index in [2.05, 4.69) is 29.8 Å². The Kier molecular flexibility index (Phi) is 12.1. The molecule has 4 amide bonds. The molecule has 2 aliphatic heterocycles. The summed E-state index contributed by atoms with van der Waals surface area (Å²) >= 11 is 0. The molecule has 12 nitrogen and oxygen atoms in total. The van der Waals surface area contributed by atoms with Gasteiger partial charge in [-0.25, -0.2) is 0 Å². The number of imide groups is 2. The first-order valence-corrected chi connectivity index (χ1v) is 13.0. The second kappa shape index (κ2) is 15.5. The van der Waals surface area contributed by atoms with Crippen molar-refractivity contribution in [3.63, 3.8) is 0 Å². The lowest BCUT2D eigenvalue weighted by molar-refractivity contribution is -0.136. The number of carbonyl (C=O) groups is 4. The molecule has 2 heterocycles. The van der Waals surface area contributed by atoms with Crippen molar-refractivity contribution >= 4 is 29.3 Å². The molecule has 2 aliphatic rings. The standard InChI is InChI=1S/C26H38N4O8/c1-18(2)27-8-10-35-12-14-37-16-17-38-15-13-36-11-9-28-20-5-3-4-19-23(20)26(34)30(25(19)33)21-6-7-22(31)29-24(21)32/h3-5,18,21,27-28H,6-17H2,1-2H3,(H,29,31,32). The molecule has 210 valence electrons. The largest absolute Gasteiger partial charge is 0.382 e. The highest BCUT2D eigenvalue weighted by Gasteiger charge is 2.45. The van der Waals surface area contributed by atoms with Crippen LogP contribution in [0.25, 0.3) is 0 Å². The number of benzene rings is 1. The third-order valence-corrected chi connectivity index (χ3v) is 5.94. The molecule has 1 aromatic carbocycles. The summed E-state index contributed by atoms with van der Waals surface area (Å²) in [6.45, 7) is 9.30. The number of fused-ring (bicyclic) bond motifs is 1. The van der Waals surface area contributed by atoms with Crippen molar-refractivity contribution in [2.24, 2.45) is 0 Å². The second-order valence-corrected chi connectivity index (χ2v) is 9.16. The Morgan fingerprint density at radius 3 is 2.08 bits per heavy atom. The number of hydrogen-bond acceptors (Lipinski definition) is 10. The van der Waals surface area contributed by atoms with Crippen LogP contribution in [0.2, 0.25) is 0 Å². The molecule has 0 saturated carbocycles. The molecule has 3 rings (SSSR count). The number of nitrogens with one attached hydrogen (secondary N) is 3. The summed E-state index contributed by atoms with van der Waals surface area (Å²) in [6.07, 6.45) is 0.195. The minimum absolute atomic E-state index is 0.0781. The van der Waals surface area contributed by atoms with E-state index in [1.807, 2.05) is 0 Å². The SMILES string of the molecule is CC(C)NCCOCCOCCOCCOCCNc1cccc2c1C(=O)N(C1CCC(=O)NC1=O)C2=O. The van der Waals surface area contributed by atoms with Crippen LogP contribution in [0, 0.1) is 0 Å². The Bertz CT molecular complexity index is 971. The quantitative estimate of drug-likeness (QED) is 0.181. The van der Waals surface area contributed by atoms with Crippen LogP contribution in [0.3, 0.4) is 0 Å². The number of rotatable bonds is 18. The molecule has 0 radical (unpaired) electrons. The molecule has 1 atom stereocenters. The van der Waals surface area contributed by atoms with Crippen LogP contribution in [0.15, 0.2) is 18.2 Å². The lowest BCUT2D eigenvalue weighted by Crippen LogP contribution is -2.54. The number of nitrogens with zero attached hydrogens (tertiary/aromatic N) is 1. The predicted octanol–water partition coefficient (Wildman–Crippen LogP) is 0.564. The summed E-state index contributed by atoms with van der Waals surface area (Å²) in [4.78, 5) is 50.6. The Morgan fingerprint density at radius 1 is 0.868 bits per heavy atom. The average molecular weight is 535 g/mol. The number of carbonyl (C=O) groups excluding carboxylic acids is 4. The first kappa shape index (κ1) is 29.7. The molecule has 0 aromatic heterocycles. The number of amides is 4. The second-order valence-electron chi connectivity index (χ2n) is 9.16. The summed E-state index contributed by atoms with van der Waals surface area (Å²) in [5.74, 6) is -2.12. The van der Waals surface area contributed by atoms with E-state index in [4.69, 9.17) is 18.9 Å². The summed E-state index contributed by atoms with van der Waals surface area (Å²) in [5.41, 5.74) is 0.951. The fourth-order valence-electron chi connectivity index (χ4n) is 4.10. The van der Waals surface area contributed by atoms with Crippen molar-refractivity contribution in [2.45, 2.75) is 38.8 Å². The average Bonchev–Trinajstić information content (AvgIpc) is 3.14. The van der Waals surface area contributed by atoms with Gasteiger partial charge in [0.2, 0.25) is 11.8 Å². The smallest absolute Gasteiger partial charge is 0.264 e. The maximum atomic E-state index is 13.1. The van der Waals surface area contributed by atoms with Crippen LogP contribution in [0.1, 0.15) is 47.4 Å². The molecule has 1 saturated heterocycles. The highest BCUT2D eigenvalue weighted by Crippen LogP contribution is 2.32. The summed E-state index contributed by atoms with van der Waals surface area (Å²) < 4.78 is 21.9. The van der Waals surface area contributed by atoms with Crippen LogP contribution < -0.4 is 16.0 Å². The Labute approximate surface area is 222 Å². The molecule has 3 N–H and O–H groups in total. The Morgan fingerprint density at radius 2 is 1.47 bits per heavy atom. The van der Waals surface area contributed by atoms with Gasteiger partial charge in [0.1, 0.15) is 6.04 Å². The summed E-state index contributed by atoms with van der Waals surface area (Å²) in [6, 6.07) is 4.39. The molecule has 38 heavy (non-hydrogen) atoms. The maximum absolute atomic E-state index is 13.1. The van der Waals surface area contributed by atoms with E-state index in [1.54, 1.807) is 18.2 Å². The van der Waals surface area contributed by atoms with Crippen LogP contribution in [-0.2, 0) is 28.5 Å². The van der Waals surface area contributed by atoms with Crippen molar-refractivity contribution in [3.8, 4) is 0 Å². The van der Waals surface area contributed by atoms with Crippen LogP contribution in [0.4, 0.5) is 5.69 Å². The zero-order valence-corrected chi connectivity index (χ0v) is 22.1. The Hall–Kier alpha value is -2.90. The molecular formula is C26H38N4O8. The van der Waals surface area contributed by atoms with Crippen molar-refractivity contribution in [2.75, 3.05) is 71.3 Å². The predicted molar refractivity (Wildman–Crippen MR) is 138 cm³/mol. The topological polar surface area (TPSA) is 145 Å². The van der Waals surface area contributed by atoms with Gasteiger partial charge in [0.15, 0.2) is 0 Å².